The van der Waals surface area contributed by atoms with E-state index in [0.29, 0.717) is 0 Å². The highest BCUT2D eigenvalue weighted by Crippen LogP contribution is 2.20. The number of nitro benzene ring substituents is 1. The summed E-state index contributed by atoms with van der Waals surface area (Å²) in [4.78, 5) is 13.7. The van der Waals surface area contributed by atoms with Crippen LogP contribution in [0, 0.1) is 10.1 Å². The third-order valence-corrected chi connectivity index (χ3v) is 3.62. The maximum atomic E-state index is 12.0. The average Bonchev–Trinajstić information content (AvgIpc) is 2.39. The van der Waals surface area contributed by atoms with E-state index in [1.54, 1.807) is 0 Å². The molecule has 0 unspecified atom stereocenters. The van der Waals surface area contributed by atoms with Gasteiger partial charge in [-0.2, -0.15) is 0 Å². The second-order valence-electron chi connectivity index (χ2n) is 3.60. The molecule has 19 heavy (non-hydrogen) atoms. The van der Waals surface area contributed by atoms with Crippen LogP contribution >= 0.6 is 0 Å². The van der Waals surface area contributed by atoms with Gasteiger partial charge in [0.1, 0.15) is 4.90 Å². The van der Waals surface area contributed by atoms with Gasteiger partial charge in [-0.05, 0) is 18.2 Å². The number of hydrogen-bond donors (Lipinski definition) is 1. The number of nitrogens with one attached hydrogen (secondary N) is 1. The predicted octanol–water partition coefficient (Wildman–Crippen LogP) is 1.79. The number of nitro groups is 1. The van der Waals surface area contributed by atoms with Crippen LogP contribution in [0.25, 0.3) is 0 Å². The molecule has 1 aromatic heterocycles. The molecule has 1 aromatic carbocycles. The molecule has 0 aliphatic heterocycles. The van der Waals surface area contributed by atoms with Crippen LogP contribution in [0.1, 0.15) is 0 Å². The number of pyridine rings is 1. The Kier molecular flexibility index (Phi) is 3.43. The molecule has 2 aromatic rings. The van der Waals surface area contributed by atoms with E-state index in [9.17, 15) is 18.5 Å². The fourth-order valence-electron chi connectivity index (χ4n) is 1.40. The summed E-state index contributed by atoms with van der Waals surface area (Å²) in [5.74, 6) is 0. The van der Waals surface area contributed by atoms with E-state index in [1.807, 2.05) is 0 Å². The Morgan fingerprint density at radius 2 is 2.00 bits per heavy atom. The van der Waals surface area contributed by atoms with E-state index in [0.717, 1.165) is 6.07 Å². The van der Waals surface area contributed by atoms with Crippen molar-refractivity contribution >= 4 is 21.4 Å². The summed E-state index contributed by atoms with van der Waals surface area (Å²) in [5, 5.41) is 10.6. The monoisotopic (exact) mass is 279 g/mol. The molecule has 0 amide bonds. The minimum absolute atomic E-state index is 0.0125. The summed E-state index contributed by atoms with van der Waals surface area (Å²) in [6.45, 7) is 0. The van der Waals surface area contributed by atoms with Crippen LogP contribution in [0.2, 0.25) is 0 Å². The first kappa shape index (κ1) is 13.0. The Bertz CT molecular complexity index is 701. The van der Waals surface area contributed by atoms with E-state index in [4.69, 9.17) is 0 Å². The first-order chi connectivity index (χ1) is 8.99. The first-order valence-electron chi connectivity index (χ1n) is 5.16. The Morgan fingerprint density at radius 1 is 1.21 bits per heavy atom. The number of non-ortho nitro benzene ring substituents is 1. The highest BCUT2D eigenvalue weighted by Gasteiger charge is 2.15. The van der Waals surface area contributed by atoms with Crippen LogP contribution in [0.5, 0.6) is 0 Å². The van der Waals surface area contributed by atoms with Crippen molar-refractivity contribution in [3.05, 3.63) is 58.9 Å². The van der Waals surface area contributed by atoms with Crippen molar-refractivity contribution in [3.63, 3.8) is 0 Å². The molecule has 1 heterocycles. The number of anilines is 1. The third kappa shape index (κ3) is 3.05. The molecule has 0 radical (unpaired) electrons. The quantitative estimate of drug-likeness (QED) is 0.679. The molecule has 0 aliphatic rings. The van der Waals surface area contributed by atoms with Gasteiger partial charge < -0.3 is 0 Å². The Morgan fingerprint density at radius 3 is 2.63 bits per heavy atom. The Balaban J connectivity index is 2.31. The lowest BCUT2D eigenvalue weighted by Gasteiger charge is -2.07. The van der Waals surface area contributed by atoms with Gasteiger partial charge in [-0.15, -0.1) is 0 Å². The minimum atomic E-state index is -3.79. The van der Waals surface area contributed by atoms with E-state index >= 15 is 0 Å². The van der Waals surface area contributed by atoms with Crippen LogP contribution in [0.3, 0.4) is 0 Å². The highest BCUT2D eigenvalue weighted by atomic mass is 32.2. The fourth-order valence-corrected chi connectivity index (χ4v) is 2.42. The Labute approximate surface area is 109 Å². The fraction of sp³-hybridized carbons (Fsp3) is 0. The summed E-state index contributed by atoms with van der Waals surface area (Å²) in [7, 11) is -3.79. The maximum absolute atomic E-state index is 12.0. The number of rotatable bonds is 4. The van der Waals surface area contributed by atoms with Crippen LogP contribution in [-0.2, 0) is 10.0 Å². The normalized spacial score (nSPS) is 10.9. The van der Waals surface area contributed by atoms with E-state index < -0.39 is 14.9 Å². The van der Waals surface area contributed by atoms with Crippen LogP contribution in [0.4, 0.5) is 11.4 Å². The summed E-state index contributed by atoms with van der Waals surface area (Å²) in [5.41, 5.74) is -0.0653. The van der Waals surface area contributed by atoms with Gasteiger partial charge in [-0.25, -0.2) is 8.42 Å². The first-order valence-corrected chi connectivity index (χ1v) is 6.65. The number of sulfonamides is 1. The zero-order valence-corrected chi connectivity index (χ0v) is 10.4. The number of hydrogen-bond acceptors (Lipinski definition) is 5. The maximum Gasteiger partial charge on any atom is 0.271 e. The number of aromatic nitrogens is 1. The van der Waals surface area contributed by atoms with Gasteiger partial charge in [0.2, 0.25) is 0 Å². The molecule has 0 spiro atoms. The summed E-state index contributed by atoms with van der Waals surface area (Å²) in [6, 6.07) is 8.13. The zero-order chi connectivity index (χ0) is 13.9. The molecular formula is C11H9N3O4S. The van der Waals surface area contributed by atoms with E-state index in [2.05, 4.69) is 9.71 Å². The third-order valence-electron chi connectivity index (χ3n) is 2.25. The van der Waals surface area contributed by atoms with Gasteiger partial charge in [0.25, 0.3) is 15.7 Å². The van der Waals surface area contributed by atoms with Crippen molar-refractivity contribution in [2.24, 2.45) is 0 Å². The predicted molar refractivity (Wildman–Crippen MR) is 68.1 cm³/mol. The van der Waals surface area contributed by atoms with Crippen molar-refractivity contribution in [2.75, 3.05) is 4.72 Å². The van der Waals surface area contributed by atoms with Gasteiger partial charge >= 0.3 is 0 Å². The Hall–Kier alpha value is -2.48. The van der Waals surface area contributed by atoms with Gasteiger partial charge in [0.15, 0.2) is 0 Å². The van der Waals surface area contributed by atoms with Crippen molar-refractivity contribution in [2.45, 2.75) is 4.90 Å². The standard InChI is InChI=1S/C11H9N3O4S/c15-14(16)10-4-1-3-9(7-10)13-19(17,18)11-5-2-6-12-8-11/h1-8,13H. The van der Waals surface area contributed by atoms with Gasteiger partial charge in [0, 0.05) is 24.5 Å². The molecule has 0 atom stereocenters. The summed E-state index contributed by atoms with van der Waals surface area (Å²) in [6.07, 6.45) is 2.64. The molecule has 0 aliphatic carbocycles. The number of benzene rings is 1. The highest BCUT2D eigenvalue weighted by molar-refractivity contribution is 7.92. The molecule has 2 rings (SSSR count). The smallest absolute Gasteiger partial charge is 0.271 e. The van der Waals surface area contributed by atoms with E-state index in [1.165, 1.54) is 42.7 Å². The van der Waals surface area contributed by atoms with Crippen LogP contribution in [0.15, 0.2) is 53.7 Å². The largest absolute Gasteiger partial charge is 0.279 e. The van der Waals surface area contributed by atoms with Gasteiger partial charge in [-0.1, -0.05) is 6.07 Å². The van der Waals surface area contributed by atoms with Crippen molar-refractivity contribution in [1.82, 2.24) is 4.98 Å². The second kappa shape index (κ2) is 5.02. The molecule has 7 nitrogen and oxygen atoms in total. The second-order valence-corrected chi connectivity index (χ2v) is 5.28. The van der Waals surface area contributed by atoms with Crippen LogP contribution in [-0.4, -0.2) is 18.3 Å². The average molecular weight is 279 g/mol. The lowest BCUT2D eigenvalue weighted by molar-refractivity contribution is -0.384. The molecule has 8 heteroatoms. The molecule has 98 valence electrons. The van der Waals surface area contributed by atoms with Crippen molar-refractivity contribution in [1.29, 1.82) is 0 Å². The molecule has 0 saturated carbocycles. The molecule has 1 N–H and O–H groups in total. The van der Waals surface area contributed by atoms with Gasteiger partial charge in [0.05, 0.1) is 10.6 Å². The molecule has 0 fully saturated rings. The lowest BCUT2D eigenvalue weighted by atomic mass is 10.3. The van der Waals surface area contributed by atoms with Crippen molar-refractivity contribution in [3.8, 4) is 0 Å². The minimum Gasteiger partial charge on any atom is -0.279 e. The molecule has 0 bridgehead atoms. The van der Waals surface area contributed by atoms with E-state index in [-0.39, 0.29) is 16.3 Å². The van der Waals surface area contributed by atoms with Crippen LogP contribution < -0.4 is 4.72 Å². The zero-order valence-electron chi connectivity index (χ0n) is 9.55. The molecule has 0 saturated heterocycles. The summed E-state index contributed by atoms with van der Waals surface area (Å²) < 4.78 is 26.2. The molecular weight excluding hydrogens is 270 g/mol. The summed E-state index contributed by atoms with van der Waals surface area (Å²) >= 11 is 0. The van der Waals surface area contributed by atoms with Gasteiger partial charge in [-0.3, -0.25) is 19.8 Å². The number of nitrogens with zero attached hydrogens (tertiary/aromatic N) is 2. The topological polar surface area (TPSA) is 102 Å². The van der Waals surface area contributed by atoms with Crippen molar-refractivity contribution < 1.29 is 13.3 Å². The lowest BCUT2D eigenvalue weighted by Crippen LogP contribution is -2.13. The SMILES string of the molecule is O=[N+]([O-])c1cccc(NS(=O)(=O)c2cccnc2)c1.